The summed E-state index contributed by atoms with van der Waals surface area (Å²) in [5.41, 5.74) is 0.840. The molecule has 1 aromatic carbocycles. The Balaban J connectivity index is 2.88. The number of aliphatic hydroxyl groups excluding tert-OH is 1. The maximum atomic E-state index is 11.6. The van der Waals surface area contributed by atoms with Gasteiger partial charge >= 0.3 is 0 Å². The average molecular weight is 233 g/mol. The largest absolute Gasteiger partial charge is 0.511 e. The van der Waals surface area contributed by atoms with Crippen LogP contribution in [-0.2, 0) is 4.79 Å². The van der Waals surface area contributed by atoms with Gasteiger partial charge in [0, 0.05) is 4.90 Å². The lowest BCUT2D eigenvalue weighted by Crippen LogP contribution is -1.98. The maximum Gasteiger partial charge on any atom is 0.238 e. The maximum absolute atomic E-state index is 11.6. The molecule has 82 valence electrons. The first-order valence-electron chi connectivity index (χ1n) is 4.63. The fourth-order valence-electron chi connectivity index (χ4n) is 1.11. The first-order valence-corrected chi connectivity index (χ1v) is 5.45. The predicted molar refractivity (Wildman–Crippen MR) is 63.0 cm³/mol. The van der Waals surface area contributed by atoms with E-state index in [1.807, 2.05) is 25.1 Å². The van der Waals surface area contributed by atoms with Crippen molar-refractivity contribution in [3.8, 4) is 6.07 Å². The summed E-state index contributed by atoms with van der Waals surface area (Å²) in [4.78, 5) is 12.4. The smallest absolute Gasteiger partial charge is 0.238 e. The average Bonchev–Trinajstić information content (AvgIpc) is 2.17. The molecule has 1 aromatic rings. The molecule has 0 unspecified atom stereocenters. The molecule has 3 nitrogen and oxygen atoms in total. The zero-order valence-corrected chi connectivity index (χ0v) is 9.84. The summed E-state index contributed by atoms with van der Waals surface area (Å²) in [6, 6.07) is 9.10. The van der Waals surface area contributed by atoms with E-state index in [0.29, 0.717) is 0 Å². The van der Waals surface area contributed by atoms with E-state index in [-0.39, 0.29) is 11.3 Å². The van der Waals surface area contributed by atoms with Crippen LogP contribution < -0.4 is 0 Å². The van der Waals surface area contributed by atoms with Crippen LogP contribution in [0.1, 0.15) is 12.5 Å². The highest BCUT2D eigenvalue weighted by Crippen LogP contribution is 2.23. The van der Waals surface area contributed by atoms with Crippen molar-refractivity contribution >= 4 is 16.9 Å². The highest BCUT2D eigenvalue weighted by molar-refractivity contribution is 8.14. The molecule has 0 saturated carbocycles. The van der Waals surface area contributed by atoms with Crippen LogP contribution in [0.3, 0.4) is 0 Å². The Labute approximate surface area is 98.4 Å². The Morgan fingerprint density at radius 1 is 1.50 bits per heavy atom. The second-order valence-corrected chi connectivity index (χ2v) is 4.32. The van der Waals surface area contributed by atoms with Gasteiger partial charge in [0.1, 0.15) is 17.4 Å². The third kappa shape index (κ3) is 3.14. The molecule has 0 radical (unpaired) electrons. The van der Waals surface area contributed by atoms with Gasteiger partial charge < -0.3 is 5.11 Å². The van der Waals surface area contributed by atoms with Crippen molar-refractivity contribution < 1.29 is 9.90 Å². The Kier molecular flexibility index (Phi) is 4.15. The van der Waals surface area contributed by atoms with Crippen molar-refractivity contribution in [1.29, 1.82) is 5.26 Å². The SMILES string of the molecule is CC(O)=C(C#N)C(=O)Sc1cccc(C)c1. The van der Waals surface area contributed by atoms with Crippen LogP contribution in [0.5, 0.6) is 0 Å². The van der Waals surface area contributed by atoms with E-state index < -0.39 is 5.12 Å². The molecule has 0 bridgehead atoms. The quantitative estimate of drug-likeness (QED) is 0.369. The highest BCUT2D eigenvalue weighted by atomic mass is 32.2. The van der Waals surface area contributed by atoms with Gasteiger partial charge in [0.05, 0.1) is 0 Å². The van der Waals surface area contributed by atoms with Crippen LogP contribution in [0.2, 0.25) is 0 Å². The number of nitriles is 1. The third-order valence-electron chi connectivity index (χ3n) is 1.88. The number of hydrogen-bond acceptors (Lipinski definition) is 4. The van der Waals surface area contributed by atoms with Crippen molar-refractivity contribution in [1.82, 2.24) is 0 Å². The number of aryl methyl sites for hydroxylation is 1. The van der Waals surface area contributed by atoms with Crippen LogP contribution in [0.4, 0.5) is 0 Å². The lowest BCUT2D eigenvalue weighted by molar-refractivity contribution is -0.107. The molecule has 0 saturated heterocycles. The molecular formula is C12H11NO2S. The van der Waals surface area contributed by atoms with Gasteiger partial charge in [-0.1, -0.05) is 17.7 Å². The van der Waals surface area contributed by atoms with Crippen LogP contribution in [0.25, 0.3) is 0 Å². The van der Waals surface area contributed by atoms with Crippen LogP contribution in [0.15, 0.2) is 40.5 Å². The highest BCUT2D eigenvalue weighted by Gasteiger charge is 2.14. The molecule has 0 heterocycles. The summed E-state index contributed by atoms with van der Waals surface area (Å²) < 4.78 is 0. The number of carbonyl (C=O) groups is 1. The fourth-order valence-corrected chi connectivity index (χ4v) is 2.01. The lowest BCUT2D eigenvalue weighted by Gasteiger charge is -2.01. The van der Waals surface area contributed by atoms with Gasteiger partial charge in [0.25, 0.3) is 0 Å². The van der Waals surface area contributed by atoms with Crippen molar-refractivity contribution in [2.24, 2.45) is 0 Å². The monoisotopic (exact) mass is 233 g/mol. The molecule has 0 amide bonds. The second-order valence-electron chi connectivity index (χ2n) is 3.28. The molecule has 4 heteroatoms. The first kappa shape index (κ1) is 12.3. The van der Waals surface area contributed by atoms with E-state index in [4.69, 9.17) is 10.4 Å². The Morgan fingerprint density at radius 2 is 2.19 bits per heavy atom. The standard InChI is InChI=1S/C12H11NO2S/c1-8-4-3-5-10(6-8)16-12(15)11(7-13)9(2)14/h3-6,14H,1-2H3. The first-order chi connectivity index (χ1) is 7.54. The van der Waals surface area contributed by atoms with E-state index in [1.54, 1.807) is 12.1 Å². The van der Waals surface area contributed by atoms with Gasteiger partial charge in [0.2, 0.25) is 5.12 Å². The summed E-state index contributed by atoms with van der Waals surface area (Å²) in [5.74, 6) is -0.243. The summed E-state index contributed by atoms with van der Waals surface area (Å²) in [6.07, 6.45) is 0. The molecule has 0 aliphatic rings. The van der Waals surface area contributed by atoms with E-state index in [2.05, 4.69) is 0 Å². The number of rotatable bonds is 2. The third-order valence-corrected chi connectivity index (χ3v) is 2.76. The molecule has 1 rings (SSSR count). The molecule has 0 aromatic heterocycles. The van der Waals surface area contributed by atoms with Gasteiger partial charge in [0.15, 0.2) is 0 Å². The van der Waals surface area contributed by atoms with Gasteiger partial charge in [-0.15, -0.1) is 0 Å². The molecule has 16 heavy (non-hydrogen) atoms. The summed E-state index contributed by atoms with van der Waals surface area (Å²) in [6.45, 7) is 3.25. The summed E-state index contributed by atoms with van der Waals surface area (Å²) in [7, 11) is 0. The minimum Gasteiger partial charge on any atom is -0.511 e. The normalized spacial score (nSPS) is 11.6. The van der Waals surface area contributed by atoms with Crippen molar-refractivity contribution in [3.63, 3.8) is 0 Å². The number of allylic oxidation sites excluding steroid dienone is 1. The Bertz CT molecular complexity index is 482. The minimum atomic E-state index is -0.437. The Morgan fingerprint density at radius 3 is 2.69 bits per heavy atom. The van der Waals surface area contributed by atoms with E-state index in [1.165, 1.54) is 6.92 Å². The van der Waals surface area contributed by atoms with Crippen LogP contribution in [0, 0.1) is 18.3 Å². The van der Waals surface area contributed by atoms with Crippen LogP contribution >= 0.6 is 11.8 Å². The molecule has 0 fully saturated rings. The lowest BCUT2D eigenvalue weighted by atomic mass is 10.2. The molecule has 1 N–H and O–H groups in total. The topological polar surface area (TPSA) is 61.1 Å². The van der Waals surface area contributed by atoms with Crippen molar-refractivity contribution in [2.45, 2.75) is 18.7 Å². The van der Waals surface area contributed by atoms with Gasteiger partial charge in [-0.2, -0.15) is 5.26 Å². The Hall–Kier alpha value is -1.73. The van der Waals surface area contributed by atoms with Gasteiger partial charge in [-0.3, -0.25) is 4.79 Å². The minimum absolute atomic E-state index is 0.202. The zero-order valence-electron chi connectivity index (χ0n) is 9.02. The zero-order chi connectivity index (χ0) is 12.1. The molecule has 0 atom stereocenters. The number of thioether (sulfide) groups is 1. The molecule has 0 spiro atoms. The number of hydrogen-bond donors (Lipinski definition) is 1. The van der Waals surface area contributed by atoms with Crippen molar-refractivity contribution in [2.75, 3.05) is 0 Å². The fraction of sp³-hybridized carbons (Fsp3) is 0.167. The van der Waals surface area contributed by atoms with Crippen molar-refractivity contribution in [3.05, 3.63) is 41.2 Å². The van der Waals surface area contributed by atoms with Gasteiger partial charge in [-0.25, -0.2) is 0 Å². The number of carbonyl (C=O) groups excluding carboxylic acids is 1. The molecule has 0 aliphatic carbocycles. The van der Waals surface area contributed by atoms with Crippen LogP contribution in [-0.4, -0.2) is 10.2 Å². The van der Waals surface area contributed by atoms with E-state index >= 15 is 0 Å². The summed E-state index contributed by atoms with van der Waals surface area (Å²) >= 11 is 0.939. The van der Waals surface area contributed by atoms with E-state index in [9.17, 15) is 4.79 Å². The number of nitrogens with zero attached hydrogens (tertiary/aromatic N) is 1. The predicted octanol–water partition coefficient (Wildman–Crippen LogP) is 2.97. The second kappa shape index (κ2) is 5.38. The molecular weight excluding hydrogens is 222 g/mol. The molecule has 0 aliphatic heterocycles. The van der Waals surface area contributed by atoms with E-state index in [0.717, 1.165) is 22.2 Å². The number of aliphatic hydroxyl groups is 1. The number of benzene rings is 1. The van der Waals surface area contributed by atoms with Gasteiger partial charge in [-0.05, 0) is 37.7 Å². The summed E-state index contributed by atoms with van der Waals surface area (Å²) in [5, 5.41) is 17.4.